The highest BCUT2D eigenvalue weighted by molar-refractivity contribution is 6.31. The van der Waals surface area contributed by atoms with E-state index >= 15 is 0 Å². The van der Waals surface area contributed by atoms with E-state index in [0.29, 0.717) is 27.1 Å². The zero-order valence-corrected chi connectivity index (χ0v) is 16.6. The van der Waals surface area contributed by atoms with Gasteiger partial charge in [0, 0.05) is 22.5 Å². The van der Waals surface area contributed by atoms with Gasteiger partial charge in [-0.1, -0.05) is 29.8 Å². The van der Waals surface area contributed by atoms with Crippen LogP contribution in [0, 0.1) is 0 Å². The fraction of sp³-hybridized carbons (Fsp3) is 0.190. The highest BCUT2D eigenvalue weighted by Crippen LogP contribution is 2.28. The molecule has 0 unspecified atom stereocenters. The number of carbonyl (C=O) groups excluding carboxylic acids is 2. The monoisotopic (exact) mass is 414 g/mol. The van der Waals surface area contributed by atoms with Crippen LogP contribution in [-0.4, -0.2) is 36.2 Å². The molecule has 0 aliphatic heterocycles. The van der Waals surface area contributed by atoms with Crippen molar-refractivity contribution in [1.82, 2.24) is 10.3 Å². The summed E-state index contributed by atoms with van der Waals surface area (Å²) in [4.78, 5) is 28.7. The molecular formula is C21H19ClN2O5. The number of carbonyl (C=O) groups is 2. The molecule has 3 rings (SSSR count). The van der Waals surface area contributed by atoms with Crippen molar-refractivity contribution in [3.63, 3.8) is 0 Å². The van der Waals surface area contributed by atoms with E-state index in [4.69, 9.17) is 21.1 Å². The number of amides is 1. The summed E-state index contributed by atoms with van der Waals surface area (Å²) in [7, 11) is 2.68. The highest BCUT2D eigenvalue weighted by atomic mass is 35.5. The molecule has 0 bridgehead atoms. The van der Waals surface area contributed by atoms with Crippen LogP contribution < -0.4 is 10.1 Å². The second kappa shape index (κ2) is 8.79. The fourth-order valence-electron chi connectivity index (χ4n) is 2.94. The first-order valence-corrected chi connectivity index (χ1v) is 9.09. The van der Waals surface area contributed by atoms with E-state index in [2.05, 4.69) is 10.3 Å². The van der Waals surface area contributed by atoms with E-state index < -0.39 is 5.97 Å². The summed E-state index contributed by atoms with van der Waals surface area (Å²) >= 11 is 6.21. The number of hydrogen-bond acceptors (Lipinski definition) is 6. The Morgan fingerprint density at radius 3 is 2.59 bits per heavy atom. The largest absolute Gasteiger partial charge is 0.508 e. The molecule has 1 heterocycles. The summed E-state index contributed by atoms with van der Waals surface area (Å²) in [6.07, 6.45) is 0.0361. The fourth-order valence-corrected chi connectivity index (χ4v) is 3.19. The van der Waals surface area contributed by atoms with Crippen LogP contribution in [0.15, 0.2) is 42.5 Å². The quantitative estimate of drug-likeness (QED) is 0.601. The average Bonchev–Trinajstić information content (AvgIpc) is 2.72. The van der Waals surface area contributed by atoms with Crippen LogP contribution >= 0.6 is 11.6 Å². The molecule has 8 heteroatoms. The molecule has 2 aromatic carbocycles. The van der Waals surface area contributed by atoms with Crippen LogP contribution in [0.3, 0.4) is 0 Å². The maximum atomic E-state index is 12.3. The lowest BCUT2D eigenvalue weighted by Crippen LogP contribution is -2.24. The molecule has 0 spiro atoms. The zero-order valence-electron chi connectivity index (χ0n) is 15.9. The smallest absolute Gasteiger partial charge is 0.343 e. The minimum absolute atomic E-state index is 0.0361. The van der Waals surface area contributed by atoms with Gasteiger partial charge in [-0.2, -0.15) is 0 Å². The molecule has 0 radical (unpaired) electrons. The van der Waals surface area contributed by atoms with Crippen LogP contribution in [0.25, 0.3) is 10.9 Å². The predicted molar refractivity (Wildman–Crippen MR) is 108 cm³/mol. The summed E-state index contributed by atoms with van der Waals surface area (Å²) in [5.74, 6) is -0.655. The van der Waals surface area contributed by atoms with Crippen molar-refractivity contribution in [2.75, 3.05) is 14.2 Å². The normalized spacial score (nSPS) is 10.6. The molecule has 2 N–H and O–H groups in total. The standard InChI is InChI=1S/C21H19ClN2O5/c1-28-20-16(21(27)29-2)9-13-7-15(22)8-14(19(13)24-20)11-23-18(26)10-12-5-3-4-6-17(12)25/h3-9,25H,10-11H2,1-2H3,(H,23,26). The number of para-hydroxylation sites is 1. The summed E-state index contributed by atoms with van der Waals surface area (Å²) in [5.41, 5.74) is 1.91. The number of phenols is 1. The summed E-state index contributed by atoms with van der Waals surface area (Å²) < 4.78 is 9.98. The Labute approximate surface area is 172 Å². The second-order valence-corrected chi connectivity index (χ2v) is 6.69. The second-order valence-electron chi connectivity index (χ2n) is 6.26. The number of esters is 1. The molecule has 0 fully saturated rings. The molecule has 1 aromatic heterocycles. The van der Waals surface area contributed by atoms with Crippen molar-refractivity contribution in [2.45, 2.75) is 13.0 Å². The first-order chi connectivity index (χ1) is 13.9. The predicted octanol–water partition coefficient (Wildman–Crippen LogP) is 3.25. The van der Waals surface area contributed by atoms with E-state index in [1.807, 2.05) is 0 Å². The van der Waals surface area contributed by atoms with Crippen molar-refractivity contribution >= 4 is 34.4 Å². The van der Waals surface area contributed by atoms with Crippen molar-refractivity contribution < 1.29 is 24.2 Å². The molecule has 150 valence electrons. The molecule has 3 aromatic rings. The number of hydrogen-bond donors (Lipinski definition) is 2. The number of rotatable bonds is 6. The number of fused-ring (bicyclic) bond motifs is 1. The molecule has 0 saturated carbocycles. The number of aromatic nitrogens is 1. The van der Waals surface area contributed by atoms with Gasteiger partial charge in [0.1, 0.15) is 11.3 Å². The van der Waals surface area contributed by atoms with Gasteiger partial charge in [0.15, 0.2) is 0 Å². The Morgan fingerprint density at radius 1 is 1.14 bits per heavy atom. The van der Waals surface area contributed by atoms with Gasteiger partial charge in [0.25, 0.3) is 0 Å². The molecule has 1 amide bonds. The van der Waals surface area contributed by atoms with Crippen LogP contribution in [0.5, 0.6) is 11.6 Å². The van der Waals surface area contributed by atoms with Crippen LogP contribution in [0.2, 0.25) is 5.02 Å². The summed E-state index contributed by atoms with van der Waals surface area (Å²) in [6, 6.07) is 11.6. The molecule has 0 atom stereocenters. The van der Waals surface area contributed by atoms with Crippen molar-refractivity contribution in [2.24, 2.45) is 0 Å². The number of aromatic hydroxyl groups is 1. The van der Waals surface area contributed by atoms with Crippen molar-refractivity contribution in [3.8, 4) is 11.6 Å². The van der Waals surface area contributed by atoms with Gasteiger partial charge < -0.3 is 19.9 Å². The highest BCUT2D eigenvalue weighted by Gasteiger charge is 2.18. The van der Waals surface area contributed by atoms with Gasteiger partial charge in [-0.15, -0.1) is 0 Å². The average molecular weight is 415 g/mol. The third kappa shape index (κ3) is 4.57. The Balaban J connectivity index is 1.88. The number of methoxy groups -OCH3 is 2. The molecule has 29 heavy (non-hydrogen) atoms. The third-order valence-corrected chi connectivity index (χ3v) is 4.56. The maximum Gasteiger partial charge on any atom is 0.343 e. The number of pyridine rings is 1. The number of phenolic OH excluding ortho intramolecular Hbond substituents is 1. The molecule has 0 aliphatic rings. The maximum absolute atomic E-state index is 12.3. The summed E-state index contributed by atoms with van der Waals surface area (Å²) in [5, 5.41) is 13.7. The summed E-state index contributed by atoms with van der Waals surface area (Å²) in [6.45, 7) is 0.164. The Bertz CT molecular complexity index is 1080. The third-order valence-electron chi connectivity index (χ3n) is 4.34. The van der Waals surface area contributed by atoms with Gasteiger partial charge in [-0.3, -0.25) is 4.79 Å². The molecule has 0 aliphatic carbocycles. The van der Waals surface area contributed by atoms with Gasteiger partial charge in [-0.25, -0.2) is 9.78 Å². The Hall–Kier alpha value is -3.32. The van der Waals surface area contributed by atoms with Gasteiger partial charge in [0.05, 0.1) is 26.2 Å². The molecule has 0 saturated heterocycles. The van der Waals surface area contributed by atoms with Crippen molar-refractivity contribution in [3.05, 3.63) is 64.2 Å². The van der Waals surface area contributed by atoms with E-state index in [1.54, 1.807) is 36.4 Å². The van der Waals surface area contributed by atoms with E-state index in [0.717, 1.165) is 0 Å². The number of benzene rings is 2. The zero-order chi connectivity index (χ0) is 21.0. The lowest BCUT2D eigenvalue weighted by Gasteiger charge is -2.12. The van der Waals surface area contributed by atoms with Crippen LogP contribution in [0.4, 0.5) is 0 Å². The Morgan fingerprint density at radius 2 is 1.90 bits per heavy atom. The SMILES string of the molecule is COC(=O)c1cc2cc(Cl)cc(CNC(=O)Cc3ccccc3O)c2nc1OC. The van der Waals surface area contributed by atoms with E-state index in [9.17, 15) is 14.7 Å². The van der Waals surface area contributed by atoms with E-state index in [1.165, 1.54) is 20.3 Å². The Kier molecular flexibility index (Phi) is 6.19. The molecular weight excluding hydrogens is 396 g/mol. The number of nitrogens with one attached hydrogen (secondary N) is 1. The minimum Gasteiger partial charge on any atom is -0.508 e. The van der Waals surface area contributed by atoms with Gasteiger partial charge in [-0.05, 0) is 29.8 Å². The van der Waals surface area contributed by atoms with Crippen molar-refractivity contribution in [1.29, 1.82) is 0 Å². The van der Waals surface area contributed by atoms with Crippen LogP contribution in [-0.2, 0) is 22.5 Å². The first kappa shape index (κ1) is 20.4. The van der Waals surface area contributed by atoms with E-state index in [-0.39, 0.29) is 36.1 Å². The van der Waals surface area contributed by atoms with Gasteiger partial charge >= 0.3 is 5.97 Å². The number of halogens is 1. The van der Waals surface area contributed by atoms with Crippen LogP contribution in [0.1, 0.15) is 21.5 Å². The topological polar surface area (TPSA) is 97.8 Å². The number of nitrogens with zero attached hydrogens (tertiary/aromatic N) is 1. The lowest BCUT2D eigenvalue weighted by atomic mass is 10.1. The lowest BCUT2D eigenvalue weighted by molar-refractivity contribution is -0.120. The minimum atomic E-state index is -0.575. The number of ether oxygens (including phenoxy) is 2. The first-order valence-electron chi connectivity index (χ1n) is 8.72. The molecule has 7 nitrogen and oxygen atoms in total. The van der Waals surface area contributed by atoms with Gasteiger partial charge in [0.2, 0.25) is 11.8 Å².